The van der Waals surface area contributed by atoms with Crippen molar-refractivity contribution < 1.29 is 0 Å². The Balaban J connectivity index is 1.84. The third-order valence-corrected chi connectivity index (χ3v) is 2.99. The minimum Gasteiger partial charge on any atom is -0.393 e. The lowest BCUT2D eigenvalue weighted by molar-refractivity contribution is 1.15. The van der Waals surface area contributed by atoms with Crippen LogP contribution >= 0.6 is 11.6 Å². The number of aromatic nitrogens is 4. The van der Waals surface area contributed by atoms with Gasteiger partial charge in [0.15, 0.2) is 11.6 Å². The quantitative estimate of drug-likeness (QED) is 0.680. The lowest BCUT2D eigenvalue weighted by Crippen LogP contribution is -2.06. The molecule has 3 aromatic rings. The van der Waals surface area contributed by atoms with Crippen molar-refractivity contribution in [3.8, 4) is 0 Å². The molecule has 7 nitrogen and oxygen atoms in total. The second-order valence-corrected chi connectivity index (χ2v) is 4.75. The maximum absolute atomic E-state index is 6.08. The third kappa shape index (κ3) is 3.21. The van der Waals surface area contributed by atoms with E-state index in [2.05, 4.69) is 30.6 Å². The van der Waals surface area contributed by atoms with Gasteiger partial charge in [-0.2, -0.15) is 0 Å². The van der Waals surface area contributed by atoms with Gasteiger partial charge in [0.05, 0.1) is 5.02 Å². The van der Waals surface area contributed by atoms with Gasteiger partial charge in [-0.1, -0.05) is 17.7 Å². The number of nitrogen functional groups attached to an aromatic ring is 1. The monoisotopic (exact) mass is 313 g/mol. The zero-order valence-corrected chi connectivity index (χ0v) is 12.1. The zero-order valence-electron chi connectivity index (χ0n) is 11.4. The van der Waals surface area contributed by atoms with Crippen LogP contribution in [0.2, 0.25) is 5.02 Å². The number of rotatable bonds is 4. The van der Waals surface area contributed by atoms with Crippen molar-refractivity contribution in [3.63, 3.8) is 0 Å². The highest BCUT2D eigenvalue weighted by atomic mass is 35.5. The van der Waals surface area contributed by atoms with Gasteiger partial charge in [0.1, 0.15) is 23.7 Å². The maximum atomic E-state index is 6.08. The number of hydrogen-bond donors (Lipinski definition) is 3. The van der Waals surface area contributed by atoms with Crippen molar-refractivity contribution in [1.29, 1.82) is 0 Å². The largest absolute Gasteiger partial charge is 0.393 e. The van der Waals surface area contributed by atoms with Gasteiger partial charge in [-0.05, 0) is 24.3 Å². The van der Waals surface area contributed by atoms with Crippen molar-refractivity contribution in [2.24, 2.45) is 0 Å². The molecule has 0 spiro atoms. The molecular weight excluding hydrogens is 302 g/mol. The Morgan fingerprint density at radius 3 is 2.18 bits per heavy atom. The average molecular weight is 314 g/mol. The third-order valence-electron chi connectivity index (χ3n) is 2.77. The SMILES string of the molecule is Nc1c(Nc2ccccn2)ncnc1Nc1ccc(Cl)cn1. The van der Waals surface area contributed by atoms with Crippen molar-refractivity contribution in [1.82, 2.24) is 19.9 Å². The van der Waals surface area contributed by atoms with E-state index in [4.69, 9.17) is 17.3 Å². The molecule has 0 aliphatic carbocycles. The smallest absolute Gasteiger partial charge is 0.160 e. The first-order valence-electron chi connectivity index (χ1n) is 6.39. The van der Waals surface area contributed by atoms with Crippen LogP contribution < -0.4 is 16.4 Å². The van der Waals surface area contributed by atoms with Crippen LogP contribution in [-0.4, -0.2) is 19.9 Å². The van der Waals surface area contributed by atoms with Crippen molar-refractivity contribution >= 4 is 40.6 Å². The van der Waals surface area contributed by atoms with E-state index in [9.17, 15) is 0 Å². The van der Waals surface area contributed by atoms with Gasteiger partial charge < -0.3 is 16.4 Å². The molecule has 0 radical (unpaired) electrons. The lowest BCUT2D eigenvalue weighted by atomic mass is 10.4. The number of nitrogens with one attached hydrogen (secondary N) is 2. The van der Waals surface area contributed by atoms with Gasteiger partial charge >= 0.3 is 0 Å². The molecule has 4 N–H and O–H groups in total. The first-order chi connectivity index (χ1) is 10.7. The summed E-state index contributed by atoms with van der Waals surface area (Å²) < 4.78 is 0. The van der Waals surface area contributed by atoms with Gasteiger partial charge in [0, 0.05) is 12.4 Å². The van der Waals surface area contributed by atoms with Crippen molar-refractivity contribution in [2.75, 3.05) is 16.4 Å². The van der Waals surface area contributed by atoms with E-state index in [1.54, 1.807) is 18.3 Å². The number of pyridine rings is 2. The minimum absolute atomic E-state index is 0.366. The van der Waals surface area contributed by atoms with Crippen molar-refractivity contribution in [3.05, 3.63) is 54.1 Å². The van der Waals surface area contributed by atoms with Gasteiger partial charge in [-0.25, -0.2) is 19.9 Å². The molecule has 0 aromatic carbocycles. The fraction of sp³-hybridized carbons (Fsp3) is 0. The van der Waals surface area contributed by atoms with E-state index in [1.807, 2.05) is 18.2 Å². The second kappa shape index (κ2) is 6.23. The summed E-state index contributed by atoms with van der Waals surface area (Å²) in [4.78, 5) is 16.5. The summed E-state index contributed by atoms with van der Waals surface area (Å²) in [6.45, 7) is 0. The zero-order chi connectivity index (χ0) is 15.4. The molecule has 8 heteroatoms. The predicted molar refractivity (Wildman–Crippen MR) is 86.5 cm³/mol. The van der Waals surface area contributed by atoms with Gasteiger partial charge in [0.25, 0.3) is 0 Å². The Morgan fingerprint density at radius 2 is 1.59 bits per heavy atom. The highest BCUT2D eigenvalue weighted by Gasteiger charge is 2.09. The Labute approximate surface area is 131 Å². The summed E-state index contributed by atoms with van der Waals surface area (Å²) in [6.07, 6.45) is 4.62. The molecule has 0 fully saturated rings. The molecular formula is C14H12ClN7. The molecule has 22 heavy (non-hydrogen) atoms. The fourth-order valence-electron chi connectivity index (χ4n) is 1.72. The van der Waals surface area contributed by atoms with Crippen LogP contribution in [0.1, 0.15) is 0 Å². The van der Waals surface area contributed by atoms with Crippen LogP contribution in [0.15, 0.2) is 49.1 Å². The van der Waals surface area contributed by atoms with Crippen LogP contribution in [0.5, 0.6) is 0 Å². The minimum atomic E-state index is 0.366. The Morgan fingerprint density at radius 1 is 0.864 bits per heavy atom. The highest BCUT2D eigenvalue weighted by molar-refractivity contribution is 6.30. The Bertz CT molecular complexity index is 762. The second-order valence-electron chi connectivity index (χ2n) is 4.31. The van der Waals surface area contributed by atoms with E-state index in [1.165, 1.54) is 12.5 Å². The molecule has 0 aliphatic rings. The highest BCUT2D eigenvalue weighted by Crippen LogP contribution is 2.27. The molecule has 0 amide bonds. The molecule has 3 aromatic heterocycles. The van der Waals surface area contributed by atoms with Gasteiger partial charge in [-0.15, -0.1) is 0 Å². The first-order valence-corrected chi connectivity index (χ1v) is 6.77. The Kier molecular flexibility index (Phi) is 3.97. The standard InChI is InChI=1S/C14H12ClN7/c15-9-4-5-11(18-7-9)22-14-12(16)13(19-8-20-14)21-10-3-1-2-6-17-10/h1-8H,16H2,(H2,17,18,19,20,21,22). The number of nitrogens with zero attached hydrogens (tertiary/aromatic N) is 4. The molecule has 0 saturated carbocycles. The molecule has 0 bridgehead atoms. The van der Waals surface area contributed by atoms with E-state index in [0.717, 1.165) is 0 Å². The summed E-state index contributed by atoms with van der Waals surface area (Å²) in [6, 6.07) is 8.96. The van der Waals surface area contributed by atoms with Crippen LogP contribution in [0.25, 0.3) is 0 Å². The van der Waals surface area contributed by atoms with Gasteiger partial charge in [-0.3, -0.25) is 0 Å². The summed E-state index contributed by atoms with van der Waals surface area (Å²) in [5.41, 5.74) is 6.44. The molecule has 0 atom stereocenters. The van der Waals surface area contributed by atoms with E-state index in [-0.39, 0.29) is 0 Å². The Hall–Kier alpha value is -2.93. The number of anilines is 5. The number of halogens is 1. The van der Waals surface area contributed by atoms with Crippen LogP contribution in [0.4, 0.5) is 29.0 Å². The van der Waals surface area contributed by atoms with Crippen molar-refractivity contribution in [2.45, 2.75) is 0 Å². The van der Waals surface area contributed by atoms with Crippen LogP contribution in [0, 0.1) is 0 Å². The van der Waals surface area contributed by atoms with Gasteiger partial charge in [0.2, 0.25) is 0 Å². The summed E-state index contributed by atoms with van der Waals surface area (Å²) >= 11 is 5.80. The predicted octanol–water partition coefficient (Wildman–Crippen LogP) is 2.99. The summed E-state index contributed by atoms with van der Waals surface area (Å²) in [7, 11) is 0. The first kappa shape index (κ1) is 14.0. The topological polar surface area (TPSA) is 102 Å². The molecule has 3 heterocycles. The lowest BCUT2D eigenvalue weighted by Gasteiger charge is -2.11. The molecule has 3 rings (SSSR count). The van der Waals surface area contributed by atoms with E-state index in [0.29, 0.717) is 34.0 Å². The fourth-order valence-corrected chi connectivity index (χ4v) is 1.84. The molecule has 0 aliphatic heterocycles. The molecule has 110 valence electrons. The number of hydrogen-bond acceptors (Lipinski definition) is 7. The maximum Gasteiger partial charge on any atom is 0.160 e. The van der Waals surface area contributed by atoms with Crippen LogP contribution in [0.3, 0.4) is 0 Å². The number of nitrogens with two attached hydrogens (primary N) is 1. The van der Waals surface area contributed by atoms with Crippen LogP contribution in [-0.2, 0) is 0 Å². The summed E-state index contributed by atoms with van der Waals surface area (Å²) in [5, 5.41) is 6.61. The average Bonchev–Trinajstić information content (AvgIpc) is 2.54. The van der Waals surface area contributed by atoms with E-state index < -0.39 is 0 Å². The van der Waals surface area contributed by atoms with E-state index >= 15 is 0 Å². The summed E-state index contributed by atoms with van der Waals surface area (Å²) in [5.74, 6) is 2.13. The normalized spacial score (nSPS) is 10.2. The molecule has 0 unspecified atom stereocenters. The molecule has 0 saturated heterocycles.